The van der Waals surface area contributed by atoms with Crippen LogP contribution in [0, 0.1) is 0 Å². The van der Waals surface area contributed by atoms with Crippen molar-refractivity contribution in [3.63, 3.8) is 0 Å². The van der Waals surface area contributed by atoms with Crippen LogP contribution in [0.2, 0.25) is 0 Å². The van der Waals surface area contributed by atoms with Crippen LogP contribution in [0.1, 0.15) is 13.8 Å². The molecule has 8 heteroatoms. The van der Waals surface area contributed by atoms with Gasteiger partial charge in [0.2, 0.25) is 5.83 Å². The van der Waals surface area contributed by atoms with E-state index in [1.54, 1.807) is 0 Å². The molecular formula is C10H10F7N. The van der Waals surface area contributed by atoms with E-state index >= 15 is 0 Å². The average Bonchev–Trinajstić information content (AvgIpc) is 2.31. The summed E-state index contributed by atoms with van der Waals surface area (Å²) >= 11 is 0. The summed E-state index contributed by atoms with van der Waals surface area (Å²) < 4.78 is 92.8. The summed E-state index contributed by atoms with van der Waals surface area (Å²) in [6.45, 7) is 2.41. The third-order valence-corrected chi connectivity index (χ3v) is 2.82. The molecule has 0 aliphatic heterocycles. The predicted octanol–water partition coefficient (Wildman–Crippen LogP) is 3.94. The molecule has 1 aliphatic rings. The van der Waals surface area contributed by atoms with Crippen LogP contribution in [0.4, 0.5) is 30.7 Å². The summed E-state index contributed by atoms with van der Waals surface area (Å²) in [7, 11) is 0.710. The number of hydrogen-bond donors (Lipinski definition) is 0. The Labute approximate surface area is 98.6 Å². The van der Waals surface area contributed by atoms with Crippen molar-refractivity contribution in [1.29, 1.82) is 0 Å². The number of rotatable bonds is 2. The van der Waals surface area contributed by atoms with Crippen LogP contribution in [0.5, 0.6) is 0 Å². The van der Waals surface area contributed by atoms with Crippen LogP contribution in [-0.2, 0) is 0 Å². The summed E-state index contributed by atoms with van der Waals surface area (Å²) in [5.74, 6) is -20.5. The third-order valence-electron chi connectivity index (χ3n) is 2.82. The highest BCUT2D eigenvalue weighted by Crippen LogP contribution is 2.53. The summed E-state index contributed by atoms with van der Waals surface area (Å²) in [5.41, 5.74) is 0. The molecule has 0 aromatic carbocycles. The molecule has 1 nitrogen and oxygen atoms in total. The lowest BCUT2D eigenvalue weighted by Crippen LogP contribution is -2.60. The molecule has 0 saturated carbocycles. The van der Waals surface area contributed by atoms with E-state index in [4.69, 9.17) is 0 Å². The molecule has 1 aliphatic carbocycles. The first-order valence-electron chi connectivity index (χ1n) is 4.91. The molecule has 0 aromatic heterocycles. The van der Waals surface area contributed by atoms with Gasteiger partial charge in [-0.3, -0.25) is 4.90 Å². The number of halogens is 7. The van der Waals surface area contributed by atoms with E-state index in [-0.39, 0.29) is 4.90 Å². The van der Waals surface area contributed by atoms with Gasteiger partial charge in [-0.05, 0) is 20.9 Å². The molecule has 1 atom stereocenters. The Morgan fingerprint density at radius 2 is 1.28 bits per heavy atom. The Balaban J connectivity index is 3.55. The summed E-state index contributed by atoms with van der Waals surface area (Å²) in [6.07, 6.45) is 0. The smallest absolute Gasteiger partial charge is 0.261 e. The molecule has 1 unspecified atom stereocenters. The first-order chi connectivity index (χ1) is 7.99. The Kier molecular flexibility index (Phi) is 3.55. The highest BCUT2D eigenvalue weighted by atomic mass is 19.3. The minimum atomic E-state index is -5.16. The predicted molar refractivity (Wildman–Crippen MR) is 50.2 cm³/mol. The Bertz CT molecular complexity index is 426. The van der Waals surface area contributed by atoms with E-state index in [1.165, 1.54) is 13.8 Å². The number of nitrogens with zero attached hydrogens (tertiary/aromatic N) is 1. The van der Waals surface area contributed by atoms with Gasteiger partial charge < -0.3 is 0 Å². The van der Waals surface area contributed by atoms with Gasteiger partial charge in [0.1, 0.15) is 0 Å². The van der Waals surface area contributed by atoms with Gasteiger partial charge in [-0.1, -0.05) is 0 Å². The molecule has 0 spiro atoms. The zero-order valence-electron chi connectivity index (χ0n) is 9.67. The van der Waals surface area contributed by atoms with Crippen molar-refractivity contribution >= 4 is 0 Å². The van der Waals surface area contributed by atoms with Gasteiger partial charge in [0.15, 0.2) is 17.5 Å². The average molecular weight is 277 g/mol. The first kappa shape index (κ1) is 15.0. The van der Waals surface area contributed by atoms with Crippen molar-refractivity contribution in [3.05, 3.63) is 23.3 Å². The van der Waals surface area contributed by atoms with E-state index in [9.17, 15) is 30.7 Å². The van der Waals surface area contributed by atoms with Crippen LogP contribution < -0.4 is 0 Å². The Hall–Kier alpha value is -1.05. The van der Waals surface area contributed by atoms with Crippen molar-refractivity contribution in [3.8, 4) is 0 Å². The van der Waals surface area contributed by atoms with Crippen molar-refractivity contribution in [2.75, 3.05) is 7.05 Å². The Morgan fingerprint density at radius 1 is 0.889 bits per heavy atom. The van der Waals surface area contributed by atoms with E-state index in [0.717, 1.165) is 0 Å². The van der Waals surface area contributed by atoms with Crippen LogP contribution in [-0.4, -0.2) is 29.7 Å². The lowest BCUT2D eigenvalue weighted by molar-refractivity contribution is -0.195. The van der Waals surface area contributed by atoms with Crippen LogP contribution >= 0.6 is 0 Å². The van der Waals surface area contributed by atoms with E-state index in [0.29, 0.717) is 7.05 Å². The SMILES string of the molecule is CC(C)N(C)C1(F)C(F)=C(F)C(F)=C(F)C1(F)F. The van der Waals surface area contributed by atoms with E-state index < -0.39 is 41.1 Å². The lowest BCUT2D eigenvalue weighted by atomic mass is 9.95. The molecule has 0 fully saturated rings. The van der Waals surface area contributed by atoms with Gasteiger partial charge >= 0.3 is 5.92 Å². The molecule has 0 N–H and O–H groups in total. The zero-order chi connectivity index (χ0) is 14.5. The van der Waals surface area contributed by atoms with Crippen LogP contribution in [0.15, 0.2) is 23.3 Å². The largest absolute Gasteiger partial charge is 0.355 e. The second kappa shape index (κ2) is 4.25. The van der Waals surface area contributed by atoms with Gasteiger partial charge in [0.25, 0.3) is 5.79 Å². The second-order valence-electron chi connectivity index (χ2n) is 4.16. The van der Waals surface area contributed by atoms with E-state index in [1.807, 2.05) is 0 Å². The fourth-order valence-electron chi connectivity index (χ4n) is 1.49. The number of hydrogen-bond acceptors (Lipinski definition) is 1. The fraction of sp³-hybridized carbons (Fsp3) is 0.600. The van der Waals surface area contributed by atoms with Crippen molar-refractivity contribution < 1.29 is 30.7 Å². The second-order valence-corrected chi connectivity index (χ2v) is 4.16. The third kappa shape index (κ3) is 1.65. The highest BCUT2D eigenvalue weighted by Gasteiger charge is 2.69. The molecule has 0 amide bonds. The quantitative estimate of drug-likeness (QED) is 0.546. The van der Waals surface area contributed by atoms with Crippen molar-refractivity contribution in [1.82, 2.24) is 4.90 Å². The van der Waals surface area contributed by atoms with Crippen molar-refractivity contribution in [2.45, 2.75) is 31.6 Å². The zero-order valence-corrected chi connectivity index (χ0v) is 9.67. The lowest BCUT2D eigenvalue weighted by Gasteiger charge is -2.41. The molecule has 0 heterocycles. The van der Waals surface area contributed by atoms with Gasteiger partial charge in [-0.25, -0.2) is 22.0 Å². The number of alkyl halides is 3. The molecule has 0 radical (unpaired) electrons. The van der Waals surface area contributed by atoms with Crippen LogP contribution in [0.3, 0.4) is 0 Å². The maximum absolute atomic E-state index is 14.1. The number of allylic oxidation sites excluding steroid dienone is 2. The van der Waals surface area contributed by atoms with Gasteiger partial charge in [0, 0.05) is 6.04 Å². The van der Waals surface area contributed by atoms with Crippen LogP contribution in [0.25, 0.3) is 0 Å². The Morgan fingerprint density at radius 3 is 1.67 bits per heavy atom. The maximum Gasteiger partial charge on any atom is 0.355 e. The number of likely N-dealkylation sites (N-methyl/N-ethyl adjacent to an activating group) is 1. The normalized spacial score (nSPS) is 28.7. The molecule has 0 aromatic rings. The molecule has 0 saturated heterocycles. The van der Waals surface area contributed by atoms with Gasteiger partial charge in [0.05, 0.1) is 0 Å². The summed E-state index contributed by atoms with van der Waals surface area (Å²) in [5, 5.41) is 0. The maximum atomic E-state index is 14.1. The van der Waals surface area contributed by atoms with Crippen molar-refractivity contribution in [2.24, 2.45) is 0 Å². The molecule has 18 heavy (non-hydrogen) atoms. The highest BCUT2D eigenvalue weighted by molar-refractivity contribution is 5.41. The minimum absolute atomic E-state index is 0.0912. The standard InChI is InChI=1S/C10H10F7N/c1-4(2)18(3)10(17)8(14)6(12)5(11)7(13)9(10,15)16/h4H,1-3H3. The summed E-state index contributed by atoms with van der Waals surface area (Å²) in [4.78, 5) is 0.0912. The van der Waals surface area contributed by atoms with E-state index in [2.05, 4.69) is 0 Å². The topological polar surface area (TPSA) is 3.24 Å². The monoisotopic (exact) mass is 277 g/mol. The molecule has 104 valence electrons. The first-order valence-corrected chi connectivity index (χ1v) is 4.91. The molecule has 1 rings (SSSR count). The fourth-order valence-corrected chi connectivity index (χ4v) is 1.49. The molecule has 0 bridgehead atoms. The summed E-state index contributed by atoms with van der Waals surface area (Å²) in [6, 6.07) is -1.01. The van der Waals surface area contributed by atoms with Gasteiger partial charge in [-0.15, -0.1) is 0 Å². The van der Waals surface area contributed by atoms with Gasteiger partial charge in [-0.2, -0.15) is 8.78 Å². The molecular weight excluding hydrogens is 267 g/mol. The minimum Gasteiger partial charge on any atom is -0.261 e.